The summed E-state index contributed by atoms with van der Waals surface area (Å²) < 4.78 is 36.0. The molecule has 1 N–H and O–H groups in total. The molecule has 3 nitrogen and oxygen atoms in total. The molecule has 1 atom stereocenters. The van der Waals surface area contributed by atoms with Crippen molar-refractivity contribution in [1.29, 1.82) is 0 Å². The molecule has 1 heterocycles. The van der Waals surface area contributed by atoms with E-state index in [1.807, 2.05) is 0 Å². The van der Waals surface area contributed by atoms with Gasteiger partial charge >= 0.3 is 0 Å². The second-order valence-electron chi connectivity index (χ2n) is 4.19. The van der Waals surface area contributed by atoms with Crippen LogP contribution in [-0.4, -0.2) is 26.0 Å². The highest BCUT2D eigenvalue weighted by molar-refractivity contribution is 7.91. The lowest BCUT2D eigenvalue weighted by molar-refractivity contribution is 0.532. The van der Waals surface area contributed by atoms with Gasteiger partial charge in [0.05, 0.1) is 16.5 Å². The van der Waals surface area contributed by atoms with E-state index in [2.05, 4.69) is 5.32 Å². The van der Waals surface area contributed by atoms with Crippen LogP contribution in [0, 0.1) is 5.82 Å². The van der Waals surface area contributed by atoms with Gasteiger partial charge in [0.2, 0.25) is 0 Å². The van der Waals surface area contributed by atoms with E-state index >= 15 is 0 Å². The third-order valence-electron chi connectivity index (χ3n) is 2.85. The fourth-order valence-corrected chi connectivity index (χ4v) is 3.80. The summed E-state index contributed by atoms with van der Waals surface area (Å²) in [5.74, 6) is -0.0970. The molecular formula is C11H13ClFNO2S. The standard InChI is InChI=1S/C11H13ClFNO2S/c12-10-3-1-2-8(11(10)13)6-14-9-4-5-17(15,16)7-9/h1-3,9,14H,4-7H2. The van der Waals surface area contributed by atoms with Crippen molar-refractivity contribution in [2.24, 2.45) is 0 Å². The van der Waals surface area contributed by atoms with Gasteiger partial charge in [0.15, 0.2) is 9.84 Å². The Morgan fingerprint density at radius 2 is 2.24 bits per heavy atom. The Balaban J connectivity index is 1.97. The maximum Gasteiger partial charge on any atom is 0.151 e. The van der Waals surface area contributed by atoms with Crippen LogP contribution in [0.3, 0.4) is 0 Å². The van der Waals surface area contributed by atoms with Gasteiger partial charge in [-0.1, -0.05) is 23.7 Å². The molecule has 1 aromatic carbocycles. The van der Waals surface area contributed by atoms with Crippen molar-refractivity contribution in [2.75, 3.05) is 11.5 Å². The third kappa shape index (κ3) is 3.18. The SMILES string of the molecule is O=S1(=O)CCC(NCc2cccc(Cl)c2F)C1. The fraction of sp³-hybridized carbons (Fsp3) is 0.455. The predicted octanol–water partition coefficient (Wildman–Crippen LogP) is 1.76. The quantitative estimate of drug-likeness (QED) is 0.916. The van der Waals surface area contributed by atoms with Gasteiger partial charge < -0.3 is 5.32 Å². The van der Waals surface area contributed by atoms with Crippen LogP contribution in [0.2, 0.25) is 5.02 Å². The number of sulfone groups is 1. The molecule has 0 saturated carbocycles. The number of rotatable bonds is 3. The summed E-state index contributed by atoms with van der Waals surface area (Å²) >= 11 is 5.66. The predicted molar refractivity (Wildman–Crippen MR) is 65.3 cm³/mol. The van der Waals surface area contributed by atoms with Crippen molar-refractivity contribution in [3.63, 3.8) is 0 Å². The summed E-state index contributed by atoms with van der Waals surface area (Å²) in [6.45, 7) is 0.298. The molecule has 0 spiro atoms. The van der Waals surface area contributed by atoms with Gasteiger partial charge in [0, 0.05) is 18.2 Å². The Bertz CT molecular complexity index is 518. The number of hydrogen-bond donors (Lipinski definition) is 1. The topological polar surface area (TPSA) is 46.2 Å². The average Bonchev–Trinajstić information content (AvgIpc) is 2.61. The molecule has 0 amide bonds. The maximum atomic E-state index is 13.5. The van der Waals surface area contributed by atoms with Crippen LogP contribution < -0.4 is 5.32 Å². The van der Waals surface area contributed by atoms with Crippen LogP contribution in [0.5, 0.6) is 0 Å². The molecule has 1 aliphatic heterocycles. The molecule has 0 aliphatic carbocycles. The van der Waals surface area contributed by atoms with Gasteiger partial charge in [-0.15, -0.1) is 0 Å². The first kappa shape index (κ1) is 12.8. The van der Waals surface area contributed by atoms with Crippen molar-refractivity contribution in [3.8, 4) is 0 Å². The lowest BCUT2D eigenvalue weighted by Crippen LogP contribution is -2.29. The van der Waals surface area contributed by atoms with Gasteiger partial charge in [-0.05, 0) is 12.5 Å². The second-order valence-corrected chi connectivity index (χ2v) is 6.83. The molecule has 6 heteroatoms. The van der Waals surface area contributed by atoms with Crippen LogP contribution in [0.15, 0.2) is 18.2 Å². The van der Waals surface area contributed by atoms with Gasteiger partial charge in [-0.25, -0.2) is 12.8 Å². The van der Waals surface area contributed by atoms with E-state index in [4.69, 9.17) is 11.6 Å². The van der Waals surface area contributed by atoms with E-state index in [9.17, 15) is 12.8 Å². The maximum absolute atomic E-state index is 13.5. The van der Waals surface area contributed by atoms with Crippen molar-refractivity contribution < 1.29 is 12.8 Å². The van der Waals surface area contributed by atoms with Crippen LogP contribution in [0.25, 0.3) is 0 Å². The normalized spacial score (nSPS) is 22.8. The van der Waals surface area contributed by atoms with Crippen LogP contribution >= 0.6 is 11.6 Å². The minimum atomic E-state index is -2.90. The molecule has 0 radical (unpaired) electrons. The molecular weight excluding hydrogens is 265 g/mol. The van der Waals surface area contributed by atoms with Crippen LogP contribution in [-0.2, 0) is 16.4 Å². The van der Waals surface area contributed by atoms with Crippen LogP contribution in [0.4, 0.5) is 4.39 Å². The molecule has 1 fully saturated rings. The minimum Gasteiger partial charge on any atom is -0.309 e. The lowest BCUT2D eigenvalue weighted by atomic mass is 10.2. The molecule has 1 saturated heterocycles. The van der Waals surface area contributed by atoms with Gasteiger partial charge in [0.25, 0.3) is 0 Å². The van der Waals surface area contributed by atoms with E-state index in [1.165, 1.54) is 6.07 Å². The summed E-state index contributed by atoms with van der Waals surface area (Å²) in [6, 6.07) is 4.71. The monoisotopic (exact) mass is 277 g/mol. The Morgan fingerprint density at radius 1 is 1.47 bits per heavy atom. The van der Waals surface area contributed by atoms with E-state index in [0.29, 0.717) is 18.5 Å². The molecule has 94 valence electrons. The summed E-state index contributed by atoms with van der Waals surface area (Å²) in [6.07, 6.45) is 0.588. The van der Waals surface area contributed by atoms with Crippen LogP contribution in [0.1, 0.15) is 12.0 Å². The van der Waals surface area contributed by atoms with Crippen molar-refractivity contribution in [1.82, 2.24) is 5.32 Å². The van der Waals surface area contributed by atoms with Gasteiger partial charge in [0.1, 0.15) is 5.82 Å². The third-order valence-corrected chi connectivity index (χ3v) is 4.91. The molecule has 17 heavy (non-hydrogen) atoms. The average molecular weight is 278 g/mol. The molecule has 0 bridgehead atoms. The second kappa shape index (κ2) is 4.92. The summed E-state index contributed by atoms with van der Waals surface area (Å²) in [5, 5.41) is 3.13. The molecule has 2 rings (SSSR count). The summed E-state index contributed by atoms with van der Waals surface area (Å²) in [5.41, 5.74) is 0.460. The van der Waals surface area contributed by atoms with Gasteiger partial charge in [-0.3, -0.25) is 0 Å². The van der Waals surface area contributed by atoms with Crippen molar-refractivity contribution >= 4 is 21.4 Å². The molecule has 1 aliphatic rings. The molecule has 0 aromatic heterocycles. The van der Waals surface area contributed by atoms with E-state index in [1.54, 1.807) is 12.1 Å². The first-order chi connectivity index (χ1) is 7.98. The minimum absolute atomic E-state index is 0.0848. The lowest BCUT2D eigenvalue weighted by Gasteiger charge is -2.11. The Hall–Kier alpha value is -0.650. The molecule has 1 aromatic rings. The van der Waals surface area contributed by atoms with Gasteiger partial charge in [-0.2, -0.15) is 0 Å². The summed E-state index contributed by atoms with van der Waals surface area (Å²) in [4.78, 5) is 0. The highest BCUT2D eigenvalue weighted by Gasteiger charge is 2.27. The van der Waals surface area contributed by atoms with Crippen molar-refractivity contribution in [3.05, 3.63) is 34.6 Å². The first-order valence-electron chi connectivity index (χ1n) is 5.34. The first-order valence-corrected chi connectivity index (χ1v) is 7.54. The molecule has 1 unspecified atom stereocenters. The van der Waals surface area contributed by atoms with E-state index < -0.39 is 15.7 Å². The largest absolute Gasteiger partial charge is 0.309 e. The fourth-order valence-electron chi connectivity index (χ4n) is 1.90. The Labute approximate surface area is 105 Å². The number of halogens is 2. The van der Waals surface area contributed by atoms with E-state index in [0.717, 1.165) is 0 Å². The zero-order chi connectivity index (χ0) is 12.5. The zero-order valence-electron chi connectivity index (χ0n) is 9.12. The van der Waals surface area contributed by atoms with Crippen molar-refractivity contribution in [2.45, 2.75) is 19.0 Å². The summed E-state index contributed by atoms with van der Waals surface area (Å²) in [7, 11) is -2.90. The Kier molecular flexibility index (Phi) is 3.70. The zero-order valence-corrected chi connectivity index (χ0v) is 10.7. The highest BCUT2D eigenvalue weighted by Crippen LogP contribution is 2.18. The Morgan fingerprint density at radius 3 is 2.88 bits per heavy atom. The number of nitrogens with one attached hydrogen (secondary N) is 1. The number of benzene rings is 1. The highest BCUT2D eigenvalue weighted by atomic mass is 35.5. The number of hydrogen-bond acceptors (Lipinski definition) is 3. The van der Waals surface area contributed by atoms with E-state index in [-0.39, 0.29) is 22.6 Å². The smallest absolute Gasteiger partial charge is 0.151 e.